The van der Waals surface area contributed by atoms with Crippen LogP contribution in [0.4, 0.5) is 0 Å². The lowest BCUT2D eigenvalue weighted by molar-refractivity contribution is -0.121. The predicted molar refractivity (Wildman–Crippen MR) is 97.6 cm³/mol. The van der Waals surface area contributed by atoms with Gasteiger partial charge in [-0.25, -0.2) is 4.68 Å². The number of nitrogens with one attached hydrogen (secondary N) is 1. The molecule has 25 heavy (non-hydrogen) atoms. The zero-order chi connectivity index (χ0) is 18.1. The molecule has 0 unspecified atom stereocenters. The molecule has 0 spiro atoms. The van der Waals surface area contributed by atoms with Crippen molar-refractivity contribution in [3.63, 3.8) is 0 Å². The summed E-state index contributed by atoms with van der Waals surface area (Å²) in [7, 11) is 1.62. The normalized spacial score (nSPS) is 10.5. The largest absolute Gasteiger partial charge is 0.497 e. The van der Waals surface area contributed by atoms with Crippen LogP contribution in [0.5, 0.6) is 5.75 Å². The molecule has 134 valence electrons. The van der Waals surface area contributed by atoms with E-state index < -0.39 is 0 Å². The van der Waals surface area contributed by atoms with Crippen molar-refractivity contribution in [2.24, 2.45) is 0 Å². The SMILES string of the molecule is CCCCNC(=O)CCCn1nc(-c2ccc(OC)cc2)ccc1=O. The zero-order valence-electron chi connectivity index (χ0n) is 14.8. The van der Waals surface area contributed by atoms with Gasteiger partial charge in [-0.3, -0.25) is 9.59 Å². The number of carbonyl (C=O) groups excluding carboxylic acids is 1. The van der Waals surface area contributed by atoms with Crippen LogP contribution in [0.3, 0.4) is 0 Å². The van der Waals surface area contributed by atoms with Gasteiger partial charge in [0.1, 0.15) is 5.75 Å². The number of aromatic nitrogens is 2. The molecule has 0 aliphatic rings. The molecule has 1 aromatic heterocycles. The van der Waals surface area contributed by atoms with Crippen LogP contribution < -0.4 is 15.6 Å². The van der Waals surface area contributed by atoms with Gasteiger partial charge in [0.2, 0.25) is 5.91 Å². The third-order valence-corrected chi connectivity index (χ3v) is 3.88. The van der Waals surface area contributed by atoms with E-state index in [1.54, 1.807) is 13.2 Å². The van der Waals surface area contributed by atoms with E-state index in [1.807, 2.05) is 24.3 Å². The van der Waals surface area contributed by atoms with Crippen LogP contribution in [0.2, 0.25) is 0 Å². The van der Waals surface area contributed by atoms with Gasteiger partial charge in [0.05, 0.1) is 12.8 Å². The summed E-state index contributed by atoms with van der Waals surface area (Å²) in [6.07, 6.45) is 3.01. The Kier molecular flexibility index (Phi) is 7.19. The van der Waals surface area contributed by atoms with E-state index in [9.17, 15) is 9.59 Å². The fourth-order valence-electron chi connectivity index (χ4n) is 2.41. The van der Waals surface area contributed by atoms with E-state index in [0.717, 1.165) is 29.8 Å². The predicted octanol–water partition coefficient (Wildman–Crippen LogP) is 2.62. The standard InChI is InChI=1S/C19H25N3O3/c1-3-4-13-20-18(23)6-5-14-22-19(24)12-11-17(21-22)15-7-9-16(25-2)10-8-15/h7-12H,3-6,13-14H2,1-2H3,(H,20,23). The first-order valence-electron chi connectivity index (χ1n) is 8.63. The van der Waals surface area contributed by atoms with Gasteiger partial charge < -0.3 is 10.1 Å². The van der Waals surface area contributed by atoms with Gasteiger partial charge in [-0.05, 0) is 43.2 Å². The Hall–Kier alpha value is -2.63. The molecule has 0 bridgehead atoms. The Morgan fingerprint density at radius 2 is 1.92 bits per heavy atom. The van der Waals surface area contributed by atoms with Gasteiger partial charge in [0.15, 0.2) is 0 Å². The Morgan fingerprint density at radius 1 is 1.16 bits per heavy atom. The lowest BCUT2D eigenvalue weighted by atomic mass is 10.1. The first-order chi connectivity index (χ1) is 12.1. The average Bonchev–Trinajstić information content (AvgIpc) is 2.63. The highest BCUT2D eigenvalue weighted by Gasteiger charge is 2.06. The minimum absolute atomic E-state index is 0.0211. The number of methoxy groups -OCH3 is 1. The van der Waals surface area contributed by atoms with Crippen molar-refractivity contribution in [2.75, 3.05) is 13.7 Å². The fourth-order valence-corrected chi connectivity index (χ4v) is 2.41. The minimum Gasteiger partial charge on any atom is -0.497 e. The molecule has 0 saturated heterocycles. The molecule has 1 aromatic carbocycles. The van der Waals surface area contributed by atoms with Gasteiger partial charge in [0.25, 0.3) is 5.56 Å². The second-order valence-electron chi connectivity index (χ2n) is 5.82. The van der Waals surface area contributed by atoms with Crippen LogP contribution in [0.15, 0.2) is 41.2 Å². The molecule has 0 saturated carbocycles. The minimum atomic E-state index is -0.163. The molecule has 2 rings (SSSR count). The van der Waals surface area contributed by atoms with Gasteiger partial charge in [0, 0.05) is 31.1 Å². The topological polar surface area (TPSA) is 73.2 Å². The third kappa shape index (κ3) is 5.74. The molecule has 0 radical (unpaired) electrons. The summed E-state index contributed by atoms with van der Waals surface area (Å²) in [5.41, 5.74) is 1.46. The van der Waals surface area contributed by atoms with E-state index in [-0.39, 0.29) is 11.5 Å². The molecule has 0 aliphatic carbocycles. The van der Waals surface area contributed by atoms with Crippen molar-refractivity contribution < 1.29 is 9.53 Å². The maximum atomic E-state index is 12.0. The number of unbranched alkanes of at least 4 members (excludes halogenated alkanes) is 1. The van der Waals surface area contributed by atoms with Crippen molar-refractivity contribution in [1.82, 2.24) is 15.1 Å². The van der Waals surface area contributed by atoms with Crippen LogP contribution in [0, 0.1) is 0 Å². The van der Waals surface area contributed by atoms with E-state index in [4.69, 9.17) is 4.74 Å². The number of nitrogens with zero attached hydrogens (tertiary/aromatic N) is 2. The lowest BCUT2D eigenvalue weighted by Crippen LogP contribution is -2.26. The number of carbonyl (C=O) groups is 1. The molecule has 6 nitrogen and oxygen atoms in total. The highest BCUT2D eigenvalue weighted by molar-refractivity contribution is 5.75. The number of rotatable bonds is 9. The molecule has 1 amide bonds. The molecular formula is C19H25N3O3. The maximum absolute atomic E-state index is 12.0. The van der Waals surface area contributed by atoms with Crippen LogP contribution in [0.25, 0.3) is 11.3 Å². The van der Waals surface area contributed by atoms with Gasteiger partial charge in [-0.2, -0.15) is 5.10 Å². The van der Waals surface area contributed by atoms with Crippen molar-refractivity contribution in [2.45, 2.75) is 39.2 Å². The Morgan fingerprint density at radius 3 is 2.60 bits per heavy atom. The first-order valence-corrected chi connectivity index (χ1v) is 8.63. The second-order valence-corrected chi connectivity index (χ2v) is 5.82. The summed E-state index contributed by atoms with van der Waals surface area (Å²) in [5.74, 6) is 0.791. The molecule has 2 aromatic rings. The highest BCUT2D eigenvalue weighted by Crippen LogP contribution is 2.19. The Balaban J connectivity index is 1.96. The van der Waals surface area contributed by atoms with Crippen LogP contribution in [-0.4, -0.2) is 29.3 Å². The summed E-state index contributed by atoms with van der Waals surface area (Å²) in [6.45, 7) is 3.21. The van der Waals surface area contributed by atoms with E-state index >= 15 is 0 Å². The molecule has 0 aliphatic heterocycles. The van der Waals surface area contributed by atoms with Crippen molar-refractivity contribution in [1.29, 1.82) is 0 Å². The van der Waals surface area contributed by atoms with Gasteiger partial charge in [-0.15, -0.1) is 0 Å². The van der Waals surface area contributed by atoms with Crippen molar-refractivity contribution >= 4 is 5.91 Å². The Labute approximate surface area is 147 Å². The zero-order valence-corrected chi connectivity index (χ0v) is 14.8. The number of benzene rings is 1. The average molecular weight is 343 g/mol. The van der Waals surface area contributed by atoms with Crippen molar-refractivity contribution in [3.05, 3.63) is 46.8 Å². The number of aryl methyl sites for hydroxylation is 1. The molecule has 6 heteroatoms. The number of hydrogen-bond acceptors (Lipinski definition) is 4. The van der Waals surface area contributed by atoms with E-state index in [0.29, 0.717) is 25.9 Å². The van der Waals surface area contributed by atoms with Crippen LogP contribution in [0.1, 0.15) is 32.6 Å². The smallest absolute Gasteiger partial charge is 0.266 e. The molecule has 0 fully saturated rings. The quantitative estimate of drug-likeness (QED) is 0.710. The summed E-state index contributed by atoms with van der Waals surface area (Å²) >= 11 is 0. The molecule has 0 atom stereocenters. The number of ether oxygens (including phenoxy) is 1. The van der Waals surface area contributed by atoms with E-state index in [1.165, 1.54) is 10.7 Å². The summed E-state index contributed by atoms with van der Waals surface area (Å²) < 4.78 is 6.56. The fraction of sp³-hybridized carbons (Fsp3) is 0.421. The number of hydrogen-bond donors (Lipinski definition) is 1. The second kappa shape index (κ2) is 9.61. The van der Waals surface area contributed by atoms with Crippen LogP contribution in [-0.2, 0) is 11.3 Å². The Bertz CT molecular complexity index is 738. The molecular weight excluding hydrogens is 318 g/mol. The van der Waals surface area contributed by atoms with Gasteiger partial charge >= 0.3 is 0 Å². The highest BCUT2D eigenvalue weighted by atomic mass is 16.5. The van der Waals surface area contributed by atoms with Gasteiger partial charge in [-0.1, -0.05) is 13.3 Å². The van der Waals surface area contributed by atoms with Crippen LogP contribution >= 0.6 is 0 Å². The molecule has 1 heterocycles. The summed E-state index contributed by atoms with van der Waals surface area (Å²) in [5, 5.41) is 7.28. The maximum Gasteiger partial charge on any atom is 0.266 e. The lowest BCUT2D eigenvalue weighted by Gasteiger charge is -2.08. The first kappa shape index (κ1) is 18.7. The summed E-state index contributed by atoms with van der Waals surface area (Å²) in [6, 6.07) is 10.7. The molecule has 1 N–H and O–H groups in total. The monoisotopic (exact) mass is 343 g/mol. The third-order valence-electron chi connectivity index (χ3n) is 3.88. The number of amides is 1. The van der Waals surface area contributed by atoms with Crippen molar-refractivity contribution in [3.8, 4) is 17.0 Å². The van der Waals surface area contributed by atoms with E-state index in [2.05, 4.69) is 17.3 Å². The summed E-state index contributed by atoms with van der Waals surface area (Å²) in [4.78, 5) is 23.7.